The van der Waals surface area contributed by atoms with Gasteiger partial charge in [0.05, 0.1) is 0 Å². The van der Waals surface area contributed by atoms with Crippen LogP contribution in [-0.4, -0.2) is 6.54 Å². The third-order valence-electron chi connectivity index (χ3n) is 2.82. The van der Waals surface area contributed by atoms with Crippen molar-refractivity contribution < 1.29 is 4.39 Å². The summed E-state index contributed by atoms with van der Waals surface area (Å²) in [6.45, 7) is 8.59. The van der Waals surface area contributed by atoms with Gasteiger partial charge in [0, 0.05) is 12.2 Å². The first-order valence-electron chi connectivity index (χ1n) is 6.30. The molecule has 0 aliphatic rings. The normalized spacial score (nSPS) is 10.3. The molecule has 0 fully saturated rings. The summed E-state index contributed by atoms with van der Waals surface area (Å²) in [5.41, 5.74) is 2.93. The van der Waals surface area contributed by atoms with Crippen LogP contribution in [0.2, 0.25) is 0 Å². The predicted octanol–water partition coefficient (Wildman–Crippen LogP) is 3.83. The molecule has 0 spiro atoms. The smallest absolute Gasteiger partial charge is 0.126 e. The van der Waals surface area contributed by atoms with Crippen molar-refractivity contribution in [3.63, 3.8) is 0 Å². The molecule has 1 N–H and O–H groups in total. The van der Waals surface area contributed by atoms with Crippen LogP contribution >= 0.6 is 0 Å². The summed E-state index contributed by atoms with van der Waals surface area (Å²) in [6.07, 6.45) is 3.94. The fourth-order valence-corrected chi connectivity index (χ4v) is 1.89. The molecule has 1 rings (SSSR count). The van der Waals surface area contributed by atoms with E-state index < -0.39 is 0 Å². The van der Waals surface area contributed by atoms with Crippen LogP contribution in [-0.2, 0) is 12.8 Å². The van der Waals surface area contributed by atoms with Crippen molar-refractivity contribution in [2.75, 3.05) is 6.54 Å². The van der Waals surface area contributed by atoms with Gasteiger partial charge >= 0.3 is 0 Å². The maximum absolute atomic E-state index is 13.8. The van der Waals surface area contributed by atoms with Gasteiger partial charge in [-0.05, 0) is 43.4 Å². The third-order valence-corrected chi connectivity index (χ3v) is 2.82. The summed E-state index contributed by atoms with van der Waals surface area (Å²) >= 11 is 0. The van der Waals surface area contributed by atoms with E-state index in [0.717, 1.165) is 49.1 Å². The first-order chi connectivity index (χ1) is 8.15. The zero-order valence-electron chi connectivity index (χ0n) is 10.9. The van der Waals surface area contributed by atoms with E-state index in [1.54, 1.807) is 12.1 Å². The second-order valence-corrected chi connectivity index (χ2v) is 4.44. The SMILES string of the molecule is C=C(C)NCCc1c(F)cccc1CCCC. The Morgan fingerprint density at radius 1 is 1.35 bits per heavy atom. The number of halogens is 1. The van der Waals surface area contributed by atoms with Gasteiger partial charge < -0.3 is 5.32 Å². The summed E-state index contributed by atoms with van der Waals surface area (Å²) in [7, 11) is 0. The average Bonchev–Trinajstić information content (AvgIpc) is 2.29. The summed E-state index contributed by atoms with van der Waals surface area (Å²) in [5, 5.41) is 3.14. The number of aryl methyl sites for hydroxylation is 1. The van der Waals surface area contributed by atoms with Crippen molar-refractivity contribution in [2.45, 2.75) is 39.5 Å². The summed E-state index contributed by atoms with van der Waals surface area (Å²) < 4.78 is 13.8. The Morgan fingerprint density at radius 2 is 2.12 bits per heavy atom. The predicted molar refractivity (Wildman–Crippen MR) is 71.5 cm³/mol. The molecular weight excluding hydrogens is 213 g/mol. The molecule has 94 valence electrons. The Balaban J connectivity index is 2.69. The van der Waals surface area contributed by atoms with Gasteiger partial charge in [-0.1, -0.05) is 32.1 Å². The molecule has 0 aliphatic carbocycles. The second kappa shape index (κ2) is 7.10. The Morgan fingerprint density at radius 3 is 2.76 bits per heavy atom. The highest BCUT2D eigenvalue weighted by Gasteiger charge is 2.07. The highest BCUT2D eigenvalue weighted by Crippen LogP contribution is 2.16. The minimum Gasteiger partial charge on any atom is -0.389 e. The lowest BCUT2D eigenvalue weighted by Crippen LogP contribution is -2.15. The molecular formula is C15H22FN. The van der Waals surface area contributed by atoms with Crippen molar-refractivity contribution in [2.24, 2.45) is 0 Å². The minimum absolute atomic E-state index is 0.0814. The van der Waals surface area contributed by atoms with Crippen LogP contribution in [0.25, 0.3) is 0 Å². The quantitative estimate of drug-likeness (QED) is 0.757. The Kier molecular flexibility index (Phi) is 5.75. The van der Waals surface area contributed by atoms with E-state index >= 15 is 0 Å². The van der Waals surface area contributed by atoms with Crippen LogP contribution in [0.1, 0.15) is 37.8 Å². The molecule has 17 heavy (non-hydrogen) atoms. The summed E-state index contributed by atoms with van der Waals surface area (Å²) in [4.78, 5) is 0. The van der Waals surface area contributed by atoms with Gasteiger partial charge in [-0.15, -0.1) is 0 Å². The molecule has 0 saturated heterocycles. The van der Waals surface area contributed by atoms with E-state index in [9.17, 15) is 4.39 Å². The van der Waals surface area contributed by atoms with Gasteiger partial charge in [0.15, 0.2) is 0 Å². The van der Waals surface area contributed by atoms with Crippen LogP contribution < -0.4 is 5.32 Å². The van der Waals surface area contributed by atoms with Crippen molar-refractivity contribution in [1.82, 2.24) is 5.32 Å². The number of hydrogen-bond donors (Lipinski definition) is 1. The molecule has 0 unspecified atom stereocenters. The van der Waals surface area contributed by atoms with Crippen LogP contribution in [0.15, 0.2) is 30.5 Å². The molecule has 0 amide bonds. The van der Waals surface area contributed by atoms with Crippen LogP contribution in [0.5, 0.6) is 0 Å². The fraction of sp³-hybridized carbons (Fsp3) is 0.467. The van der Waals surface area contributed by atoms with Crippen LogP contribution in [0.3, 0.4) is 0 Å². The molecule has 0 radical (unpaired) electrons. The third kappa shape index (κ3) is 4.59. The standard InChI is InChI=1S/C15H22FN/c1-4-5-7-13-8-6-9-15(16)14(13)10-11-17-12(2)3/h6,8-9,17H,2,4-5,7,10-11H2,1,3H3. The molecule has 0 bridgehead atoms. The Labute approximate surface area is 104 Å². The van der Waals surface area contributed by atoms with Crippen LogP contribution in [0.4, 0.5) is 4.39 Å². The number of unbranched alkanes of at least 4 members (excludes halogenated alkanes) is 1. The molecule has 0 saturated carbocycles. The average molecular weight is 235 g/mol. The first-order valence-corrected chi connectivity index (χ1v) is 6.30. The van der Waals surface area contributed by atoms with E-state index in [-0.39, 0.29) is 5.82 Å². The van der Waals surface area contributed by atoms with Gasteiger partial charge in [-0.3, -0.25) is 0 Å². The topological polar surface area (TPSA) is 12.0 Å². The molecule has 1 aromatic carbocycles. The second-order valence-electron chi connectivity index (χ2n) is 4.44. The van der Waals surface area contributed by atoms with Gasteiger partial charge in [0.2, 0.25) is 0 Å². The monoisotopic (exact) mass is 235 g/mol. The van der Waals surface area contributed by atoms with Crippen molar-refractivity contribution in [3.8, 4) is 0 Å². The van der Waals surface area contributed by atoms with E-state index in [2.05, 4.69) is 18.8 Å². The summed E-state index contributed by atoms with van der Waals surface area (Å²) in [5.74, 6) is -0.0814. The van der Waals surface area contributed by atoms with E-state index in [0.29, 0.717) is 0 Å². The van der Waals surface area contributed by atoms with E-state index in [1.807, 2.05) is 13.0 Å². The highest BCUT2D eigenvalue weighted by atomic mass is 19.1. The van der Waals surface area contributed by atoms with Gasteiger partial charge in [-0.2, -0.15) is 0 Å². The first kappa shape index (κ1) is 13.8. The zero-order chi connectivity index (χ0) is 12.7. The molecule has 0 aromatic heterocycles. The van der Waals surface area contributed by atoms with Crippen LogP contribution in [0, 0.1) is 5.82 Å². The van der Waals surface area contributed by atoms with Crippen molar-refractivity contribution in [1.29, 1.82) is 0 Å². The highest BCUT2D eigenvalue weighted by molar-refractivity contribution is 5.29. The number of hydrogen-bond acceptors (Lipinski definition) is 1. The fourth-order valence-electron chi connectivity index (χ4n) is 1.89. The van der Waals surface area contributed by atoms with E-state index in [1.165, 1.54) is 0 Å². The number of allylic oxidation sites excluding steroid dienone is 1. The number of benzene rings is 1. The maximum Gasteiger partial charge on any atom is 0.126 e. The zero-order valence-corrected chi connectivity index (χ0v) is 10.9. The molecule has 1 aromatic rings. The largest absolute Gasteiger partial charge is 0.389 e. The maximum atomic E-state index is 13.8. The minimum atomic E-state index is -0.0814. The molecule has 2 heteroatoms. The van der Waals surface area contributed by atoms with Gasteiger partial charge in [0.1, 0.15) is 5.82 Å². The lowest BCUT2D eigenvalue weighted by Gasteiger charge is -2.11. The van der Waals surface area contributed by atoms with Crippen molar-refractivity contribution in [3.05, 3.63) is 47.4 Å². The number of nitrogens with one attached hydrogen (secondary N) is 1. The molecule has 0 atom stereocenters. The molecule has 0 aliphatic heterocycles. The number of rotatable bonds is 7. The van der Waals surface area contributed by atoms with Gasteiger partial charge in [-0.25, -0.2) is 4.39 Å². The lowest BCUT2D eigenvalue weighted by atomic mass is 9.99. The van der Waals surface area contributed by atoms with E-state index in [4.69, 9.17) is 0 Å². The lowest BCUT2D eigenvalue weighted by molar-refractivity contribution is 0.599. The summed E-state index contributed by atoms with van der Waals surface area (Å²) in [6, 6.07) is 5.39. The Hall–Kier alpha value is -1.31. The van der Waals surface area contributed by atoms with Crippen molar-refractivity contribution >= 4 is 0 Å². The molecule has 0 heterocycles. The van der Waals surface area contributed by atoms with Gasteiger partial charge in [0.25, 0.3) is 0 Å². The Bertz CT molecular complexity index is 371. The molecule has 1 nitrogen and oxygen atoms in total.